The summed E-state index contributed by atoms with van der Waals surface area (Å²) in [5.74, 6) is -1.61. The van der Waals surface area contributed by atoms with Gasteiger partial charge in [-0.2, -0.15) is 0 Å². The van der Waals surface area contributed by atoms with E-state index < -0.39 is 17.8 Å². The van der Waals surface area contributed by atoms with Crippen LogP contribution in [0.5, 0.6) is 0 Å². The normalized spacial score (nSPS) is 16.1. The van der Waals surface area contributed by atoms with Crippen molar-refractivity contribution in [1.29, 1.82) is 0 Å². The molecule has 29 heavy (non-hydrogen) atoms. The average molecular weight is 394 g/mol. The Morgan fingerprint density at radius 3 is 2.41 bits per heavy atom. The molecule has 1 aliphatic heterocycles. The number of ether oxygens (including phenoxy) is 1. The molecule has 152 valence electrons. The van der Waals surface area contributed by atoms with Crippen molar-refractivity contribution in [2.45, 2.75) is 34.1 Å². The summed E-state index contributed by atoms with van der Waals surface area (Å²) in [6.45, 7) is 7.72. The largest absolute Gasteiger partial charge is 0.455 e. The van der Waals surface area contributed by atoms with E-state index in [2.05, 4.69) is 5.32 Å². The van der Waals surface area contributed by atoms with Crippen molar-refractivity contribution in [2.75, 3.05) is 23.4 Å². The number of hydrogen-bond acceptors (Lipinski definition) is 4. The first kappa shape index (κ1) is 20.6. The molecule has 1 aliphatic rings. The topological polar surface area (TPSA) is 75.7 Å². The molecular weight excluding hydrogens is 368 g/mol. The zero-order valence-electron chi connectivity index (χ0n) is 17.2. The summed E-state index contributed by atoms with van der Waals surface area (Å²) in [5, 5.41) is 2.76. The van der Waals surface area contributed by atoms with Crippen LogP contribution in [0.4, 0.5) is 11.4 Å². The SMILES string of the molecule is Cc1cccc(NC(=O)COC(=O)[C@H]2CC(=O)N(c3cccc(C)c3C)C2)c1C. The van der Waals surface area contributed by atoms with Gasteiger partial charge in [-0.15, -0.1) is 0 Å². The maximum atomic E-state index is 12.4. The fraction of sp³-hybridized carbons (Fsp3) is 0.348. The van der Waals surface area contributed by atoms with Crippen molar-refractivity contribution in [2.24, 2.45) is 5.92 Å². The molecule has 1 heterocycles. The zero-order valence-corrected chi connectivity index (χ0v) is 17.2. The lowest BCUT2D eigenvalue weighted by atomic mass is 10.1. The average Bonchev–Trinajstić information content (AvgIpc) is 3.07. The first-order chi connectivity index (χ1) is 13.8. The molecule has 0 saturated carbocycles. The Morgan fingerprint density at radius 1 is 1.03 bits per heavy atom. The Kier molecular flexibility index (Phi) is 6.01. The van der Waals surface area contributed by atoms with Crippen molar-refractivity contribution in [3.8, 4) is 0 Å². The van der Waals surface area contributed by atoms with Gasteiger partial charge in [0.05, 0.1) is 5.92 Å². The summed E-state index contributed by atoms with van der Waals surface area (Å²) in [6.07, 6.45) is 0.0881. The Balaban J connectivity index is 1.57. The van der Waals surface area contributed by atoms with E-state index in [4.69, 9.17) is 4.74 Å². The van der Waals surface area contributed by atoms with Crippen molar-refractivity contribution in [1.82, 2.24) is 0 Å². The van der Waals surface area contributed by atoms with E-state index in [-0.39, 0.29) is 25.5 Å². The molecule has 0 spiro atoms. The second-order valence-corrected chi connectivity index (χ2v) is 7.53. The van der Waals surface area contributed by atoms with E-state index in [1.54, 1.807) is 11.0 Å². The number of anilines is 2. The summed E-state index contributed by atoms with van der Waals surface area (Å²) < 4.78 is 5.19. The van der Waals surface area contributed by atoms with E-state index in [0.717, 1.165) is 27.9 Å². The minimum atomic E-state index is -0.573. The molecule has 0 aliphatic carbocycles. The van der Waals surface area contributed by atoms with Gasteiger partial charge in [0.2, 0.25) is 5.91 Å². The molecular formula is C23H26N2O4. The standard InChI is InChI=1S/C23H26N2O4/c1-14-7-5-9-19(16(14)3)24-21(26)13-29-23(28)18-11-22(27)25(12-18)20-10-6-8-15(2)17(20)4/h5-10,18H,11-13H2,1-4H3,(H,24,26)/t18-/m0/s1. The number of nitrogens with one attached hydrogen (secondary N) is 1. The number of amides is 2. The number of esters is 1. The lowest BCUT2D eigenvalue weighted by Gasteiger charge is -2.20. The van der Waals surface area contributed by atoms with Crippen molar-refractivity contribution in [3.63, 3.8) is 0 Å². The summed E-state index contributed by atoms with van der Waals surface area (Å²) in [4.78, 5) is 38.6. The van der Waals surface area contributed by atoms with E-state index in [0.29, 0.717) is 5.69 Å². The minimum absolute atomic E-state index is 0.0881. The van der Waals surface area contributed by atoms with Crippen LogP contribution in [0, 0.1) is 33.6 Å². The van der Waals surface area contributed by atoms with Gasteiger partial charge < -0.3 is 15.0 Å². The van der Waals surface area contributed by atoms with Gasteiger partial charge in [0.15, 0.2) is 6.61 Å². The Bertz CT molecular complexity index is 967. The van der Waals surface area contributed by atoms with Crippen LogP contribution in [0.25, 0.3) is 0 Å². The second kappa shape index (κ2) is 8.47. The molecule has 2 aromatic rings. The third kappa shape index (κ3) is 4.47. The van der Waals surface area contributed by atoms with Crippen LogP contribution in [0.15, 0.2) is 36.4 Å². The van der Waals surface area contributed by atoms with Crippen molar-refractivity contribution in [3.05, 3.63) is 58.7 Å². The summed E-state index contributed by atoms with van der Waals surface area (Å²) in [7, 11) is 0. The van der Waals surface area contributed by atoms with Crippen LogP contribution in [0.2, 0.25) is 0 Å². The second-order valence-electron chi connectivity index (χ2n) is 7.53. The molecule has 0 radical (unpaired) electrons. The van der Waals surface area contributed by atoms with E-state index in [1.807, 2.05) is 58.0 Å². The molecule has 1 fully saturated rings. The minimum Gasteiger partial charge on any atom is -0.455 e. The lowest BCUT2D eigenvalue weighted by molar-refractivity contribution is -0.151. The Morgan fingerprint density at radius 2 is 1.69 bits per heavy atom. The van der Waals surface area contributed by atoms with Gasteiger partial charge in [-0.3, -0.25) is 14.4 Å². The number of carbonyl (C=O) groups excluding carboxylic acids is 3. The lowest BCUT2D eigenvalue weighted by Crippen LogP contribution is -2.28. The fourth-order valence-corrected chi connectivity index (χ4v) is 3.45. The molecule has 6 nitrogen and oxygen atoms in total. The Labute approximate surface area is 170 Å². The van der Waals surface area contributed by atoms with Crippen molar-refractivity contribution < 1.29 is 19.1 Å². The first-order valence-corrected chi connectivity index (χ1v) is 9.67. The number of carbonyl (C=O) groups is 3. The third-order valence-corrected chi connectivity index (χ3v) is 5.55. The number of aryl methyl sites for hydroxylation is 2. The Hall–Kier alpha value is -3.15. The quantitative estimate of drug-likeness (QED) is 0.788. The highest BCUT2D eigenvalue weighted by Crippen LogP contribution is 2.29. The molecule has 1 saturated heterocycles. The fourth-order valence-electron chi connectivity index (χ4n) is 3.45. The molecule has 0 unspecified atom stereocenters. The van der Waals surface area contributed by atoms with Gasteiger partial charge in [-0.25, -0.2) is 0 Å². The molecule has 0 bridgehead atoms. The van der Waals surface area contributed by atoms with Crippen LogP contribution in [0.3, 0.4) is 0 Å². The maximum Gasteiger partial charge on any atom is 0.311 e. The third-order valence-electron chi connectivity index (χ3n) is 5.55. The van der Waals surface area contributed by atoms with E-state index in [9.17, 15) is 14.4 Å². The monoisotopic (exact) mass is 394 g/mol. The van der Waals surface area contributed by atoms with E-state index >= 15 is 0 Å². The molecule has 6 heteroatoms. The number of nitrogens with zero attached hydrogens (tertiary/aromatic N) is 1. The predicted molar refractivity (Wildman–Crippen MR) is 112 cm³/mol. The summed E-state index contributed by atoms with van der Waals surface area (Å²) in [6, 6.07) is 11.4. The van der Waals surface area contributed by atoms with Gasteiger partial charge in [-0.1, -0.05) is 24.3 Å². The highest BCUT2D eigenvalue weighted by molar-refractivity contribution is 6.00. The molecule has 2 amide bonds. The van der Waals surface area contributed by atoms with Crippen LogP contribution in [0.1, 0.15) is 28.7 Å². The van der Waals surface area contributed by atoms with Gasteiger partial charge in [-0.05, 0) is 62.1 Å². The molecule has 0 aromatic heterocycles. The molecule has 3 rings (SSSR count). The van der Waals surface area contributed by atoms with Gasteiger partial charge in [0.1, 0.15) is 0 Å². The number of benzene rings is 2. The van der Waals surface area contributed by atoms with E-state index in [1.165, 1.54) is 0 Å². The highest BCUT2D eigenvalue weighted by atomic mass is 16.5. The smallest absolute Gasteiger partial charge is 0.311 e. The van der Waals surface area contributed by atoms with Gasteiger partial charge >= 0.3 is 5.97 Å². The maximum absolute atomic E-state index is 12.4. The van der Waals surface area contributed by atoms with Crippen LogP contribution in [-0.4, -0.2) is 30.9 Å². The van der Waals surface area contributed by atoms with Crippen LogP contribution in [-0.2, 0) is 19.1 Å². The number of hydrogen-bond donors (Lipinski definition) is 1. The van der Waals surface area contributed by atoms with Gasteiger partial charge in [0.25, 0.3) is 5.91 Å². The summed E-state index contributed by atoms with van der Waals surface area (Å²) >= 11 is 0. The molecule has 1 N–H and O–H groups in total. The molecule has 2 aromatic carbocycles. The molecule has 1 atom stereocenters. The van der Waals surface area contributed by atoms with Crippen LogP contribution >= 0.6 is 0 Å². The van der Waals surface area contributed by atoms with Crippen molar-refractivity contribution >= 4 is 29.2 Å². The number of rotatable bonds is 5. The summed E-state index contributed by atoms with van der Waals surface area (Å²) in [5.41, 5.74) is 5.65. The highest BCUT2D eigenvalue weighted by Gasteiger charge is 2.37. The van der Waals surface area contributed by atoms with Crippen LogP contribution < -0.4 is 10.2 Å². The predicted octanol–water partition coefficient (Wildman–Crippen LogP) is 3.46. The van der Waals surface area contributed by atoms with Gasteiger partial charge in [0, 0.05) is 24.3 Å². The first-order valence-electron chi connectivity index (χ1n) is 9.67. The zero-order chi connectivity index (χ0) is 21.1.